The molecule has 1 fully saturated rings. The van der Waals surface area contributed by atoms with Crippen LogP contribution >= 0.6 is 0 Å². The lowest BCUT2D eigenvalue weighted by Gasteiger charge is -2.35. The molecule has 4 heteroatoms. The molecule has 0 saturated carbocycles. The third kappa shape index (κ3) is 2.70. The van der Waals surface area contributed by atoms with Crippen LogP contribution in [0.15, 0.2) is 24.3 Å². The fourth-order valence-electron chi connectivity index (χ4n) is 2.31. The van der Waals surface area contributed by atoms with E-state index in [4.69, 9.17) is 10.00 Å². The molecule has 0 N–H and O–H groups in total. The van der Waals surface area contributed by atoms with Gasteiger partial charge in [-0.15, -0.1) is 0 Å². The van der Waals surface area contributed by atoms with Crippen LogP contribution in [-0.4, -0.2) is 31.0 Å². The van der Waals surface area contributed by atoms with E-state index in [9.17, 15) is 4.79 Å². The number of nitriles is 1. The van der Waals surface area contributed by atoms with E-state index in [0.29, 0.717) is 24.4 Å². The Morgan fingerprint density at radius 1 is 1.37 bits per heavy atom. The van der Waals surface area contributed by atoms with Crippen LogP contribution < -0.4 is 4.74 Å². The molecule has 1 aliphatic rings. The van der Waals surface area contributed by atoms with Crippen LogP contribution in [-0.2, 0) is 0 Å². The van der Waals surface area contributed by atoms with Gasteiger partial charge in [0.2, 0.25) is 0 Å². The molecule has 0 aromatic heterocycles. The molecule has 0 aliphatic carbocycles. The van der Waals surface area contributed by atoms with E-state index in [1.807, 2.05) is 19.1 Å². The summed E-state index contributed by atoms with van der Waals surface area (Å²) in [6, 6.07) is 9.58. The Morgan fingerprint density at radius 2 is 2.00 bits per heavy atom. The molecular weight excluding hydrogens is 240 g/mol. The van der Waals surface area contributed by atoms with Gasteiger partial charge in [-0.1, -0.05) is 12.1 Å². The van der Waals surface area contributed by atoms with E-state index < -0.39 is 0 Å². The molecule has 1 aliphatic heterocycles. The molecule has 1 aromatic rings. The zero-order valence-electron chi connectivity index (χ0n) is 11.3. The van der Waals surface area contributed by atoms with Crippen molar-refractivity contribution in [3.05, 3.63) is 29.8 Å². The number of carbonyl (C=O) groups excluding carboxylic acids is 1. The molecular formula is C15H18N2O2. The summed E-state index contributed by atoms with van der Waals surface area (Å²) in [6.45, 7) is 3.21. The van der Waals surface area contributed by atoms with Crippen molar-refractivity contribution in [3.63, 3.8) is 0 Å². The molecule has 1 aromatic carbocycles. The van der Waals surface area contributed by atoms with Crippen molar-refractivity contribution >= 4 is 5.91 Å². The Morgan fingerprint density at radius 3 is 2.58 bits per heavy atom. The first-order valence-electron chi connectivity index (χ1n) is 6.43. The predicted octanol–water partition coefficient (Wildman–Crippen LogP) is 2.46. The number of rotatable bonds is 2. The summed E-state index contributed by atoms with van der Waals surface area (Å²) in [5.74, 6) is 0.582. The summed E-state index contributed by atoms with van der Waals surface area (Å²) in [5, 5.41) is 9.10. The smallest absolute Gasteiger partial charge is 0.257 e. The highest BCUT2D eigenvalue weighted by atomic mass is 16.5. The molecule has 1 saturated heterocycles. The zero-order chi connectivity index (χ0) is 13.9. The first-order chi connectivity index (χ1) is 9.09. The van der Waals surface area contributed by atoms with Crippen molar-refractivity contribution in [2.24, 2.45) is 5.41 Å². The van der Waals surface area contributed by atoms with Crippen LogP contribution in [0.3, 0.4) is 0 Å². The number of para-hydroxylation sites is 1. The number of piperidine rings is 1. The van der Waals surface area contributed by atoms with Gasteiger partial charge in [-0.05, 0) is 31.9 Å². The van der Waals surface area contributed by atoms with Crippen LogP contribution in [0.4, 0.5) is 0 Å². The Bertz CT molecular complexity index is 511. The fourth-order valence-corrected chi connectivity index (χ4v) is 2.31. The van der Waals surface area contributed by atoms with Gasteiger partial charge in [0.25, 0.3) is 5.91 Å². The first kappa shape index (κ1) is 13.4. The quantitative estimate of drug-likeness (QED) is 0.818. The molecule has 0 radical (unpaired) electrons. The summed E-state index contributed by atoms with van der Waals surface area (Å²) >= 11 is 0. The average molecular weight is 258 g/mol. The second-order valence-corrected chi connectivity index (χ2v) is 5.16. The van der Waals surface area contributed by atoms with Gasteiger partial charge in [0.1, 0.15) is 5.75 Å². The topological polar surface area (TPSA) is 53.3 Å². The van der Waals surface area contributed by atoms with Crippen LogP contribution in [0.25, 0.3) is 0 Å². The Kier molecular flexibility index (Phi) is 3.75. The number of amides is 1. The van der Waals surface area contributed by atoms with Gasteiger partial charge in [0, 0.05) is 13.1 Å². The fraction of sp³-hybridized carbons (Fsp3) is 0.467. The number of ether oxygens (including phenoxy) is 1. The van der Waals surface area contributed by atoms with Gasteiger partial charge in [-0.3, -0.25) is 4.79 Å². The van der Waals surface area contributed by atoms with E-state index in [1.165, 1.54) is 0 Å². The minimum absolute atomic E-state index is 0.0163. The largest absolute Gasteiger partial charge is 0.496 e. The standard InChI is InChI=1S/C15H18N2O2/c1-15(11-16)7-9-17(10-8-15)14(18)12-5-3-4-6-13(12)19-2/h3-6H,7-10H2,1-2H3. The van der Waals surface area contributed by atoms with E-state index >= 15 is 0 Å². The lowest BCUT2D eigenvalue weighted by Crippen LogP contribution is -2.41. The number of nitrogens with zero attached hydrogens (tertiary/aromatic N) is 2. The van der Waals surface area contributed by atoms with Gasteiger partial charge in [-0.25, -0.2) is 0 Å². The van der Waals surface area contributed by atoms with Crippen molar-refractivity contribution in [1.29, 1.82) is 5.26 Å². The van der Waals surface area contributed by atoms with Crippen molar-refractivity contribution in [2.45, 2.75) is 19.8 Å². The molecule has 1 amide bonds. The number of benzene rings is 1. The monoisotopic (exact) mass is 258 g/mol. The Labute approximate surface area is 113 Å². The molecule has 0 atom stereocenters. The molecule has 0 unspecified atom stereocenters. The molecule has 0 bridgehead atoms. The minimum Gasteiger partial charge on any atom is -0.496 e. The molecule has 1 heterocycles. The number of hydrogen-bond acceptors (Lipinski definition) is 3. The summed E-state index contributed by atoms with van der Waals surface area (Å²) in [5.41, 5.74) is 0.294. The van der Waals surface area contributed by atoms with Gasteiger partial charge in [0.15, 0.2) is 0 Å². The van der Waals surface area contributed by atoms with Crippen LogP contribution in [0, 0.1) is 16.7 Å². The number of hydrogen-bond donors (Lipinski definition) is 0. The first-order valence-corrected chi connectivity index (χ1v) is 6.43. The summed E-state index contributed by atoms with van der Waals surface area (Å²) < 4.78 is 5.22. The lowest BCUT2D eigenvalue weighted by molar-refractivity contribution is 0.0658. The maximum Gasteiger partial charge on any atom is 0.257 e. The Balaban J connectivity index is 2.12. The van der Waals surface area contributed by atoms with Crippen molar-refractivity contribution < 1.29 is 9.53 Å². The minimum atomic E-state index is -0.294. The van der Waals surface area contributed by atoms with E-state index in [0.717, 1.165) is 12.8 Å². The highest BCUT2D eigenvalue weighted by Gasteiger charge is 2.32. The van der Waals surface area contributed by atoms with Crippen molar-refractivity contribution in [3.8, 4) is 11.8 Å². The maximum atomic E-state index is 12.4. The molecule has 100 valence electrons. The zero-order valence-corrected chi connectivity index (χ0v) is 11.3. The van der Waals surface area contributed by atoms with Gasteiger partial charge >= 0.3 is 0 Å². The van der Waals surface area contributed by atoms with Gasteiger partial charge < -0.3 is 9.64 Å². The van der Waals surface area contributed by atoms with E-state index in [1.54, 1.807) is 24.1 Å². The summed E-state index contributed by atoms with van der Waals surface area (Å²) in [7, 11) is 1.56. The molecule has 0 spiro atoms. The van der Waals surface area contributed by atoms with Gasteiger partial charge in [0.05, 0.1) is 24.2 Å². The normalized spacial score (nSPS) is 17.6. The van der Waals surface area contributed by atoms with E-state index in [2.05, 4.69) is 6.07 Å². The van der Waals surface area contributed by atoms with E-state index in [-0.39, 0.29) is 11.3 Å². The third-order valence-electron chi connectivity index (χ3n) is 3.76. The van der Waals surface area contributed by atoms with Gasteiger partial charge in [-0.2, -0.15) is 5.26 Å². The van der Waals surface area contributed by atoms with Crippen LogP contribution in [0.5, 0.6) is 5.75 Å². The molecule has 19 heavy (non-hydrogen) atoms. The molecule has 4 nitrogen and oxygen atoms in total. The summed E-state index contributed by atoms with van der Waals surface area (Å²) in [6.07, 6.45) is 1.45. The maximum absolute atomic E-state index is 12.4. The second kappa shape index (κ2) is 5.31. The number of likely N-dealkylation sites (tertiary alicyclic amines) is 1. The van der Waals surface area contributed by atoms with Crippen molar-refractivity contribution in [2.75, 3.05) is 20.2 Å². The predicted molar refractivity (Wildman–Crippen MR) is 71.9 cm³/mol. The lowest BCUT2D eigenvalue weighted by atomic mass is 9.82. The average Bonchev–Trinajstić information content (AvgIpc) is 2.47. The highest BCUT2D eigenvalue weighted by Crippen LogP contribution is 2.31. The Hall–Kier alpha value is -2.02. The second-order valence-electron chi connectivity index (χ2n) is 5.16. The van der Waals surface area contributed by atoms with Crippen LogP contribution in [0.2, 0.25) is 0 Å². The van der Waals surface area contributed by atoms with Crippen molar-refractivity contribution in [1.82, 2.24) is 4.90 Å². The molecule has 2 rings (SSSR count). The SMILES string of the molecule is COc1ccccc1C(=O)N1CCC(C)(C#N)CC1. The highest BCUT2D eigenvalue weighted by molar-refractivity contribution is 5.97. The number of carbonyl (C=O) groups is 1. The number of methoxy groups -OCH3 is 1. The third-order valence-corrected chi connectivity index (χ3v) is 3.76. The van der Waals surface area contributed by atoms with Crippen LogP contribution in [0.1, 0.15) is 30.1 Å². The summed E-state index contributed by atoms with van der Waals surface area (Å²) in [4.78, 5) is 14.2.